The SMILES string of the molecule is COc1ccc(S(=O)(=O)Nc2cc(C)nn2C2CCCC2)cc1OC. The molecule has 1 fully saturated rings. The van der Waals surface area contributed by atoms with Crippen molar-refractivity contribution >= 4 is 15.8 Å². The first-order chi connectivity index (χ1) is 11.9. The van der Waals surface area contributed by atoms with Gasteiger partial charge in [-0.25, -0.2) is 13.1 Å². The minimum Gasteiger partial charge on any atom is -0.493 e. The summed E-state index contributed by atoms with van der Waals surface area (Å²) in [4.78, 5) is 0.113. The van der Waals surface area contributed by atoms with E-state index in [0.29, 0.717) is 17.3 Å². The summed E-state index contributed by atoms with van der Waals surface area (Å²) in [5.41, 5.74) is 0.789. The summed E-state index contributed by atoms with van der Waals surface area (Å²) in [5, 5.41) is 4.48. The Morgan fingerprint density at radius 3 is 2.44 bits per heavy atom. The lowest BCUT2D eigenvalue weighted by atomic mass is 10.2. The van der Waals surface area contributed by atoms with E-state index in [-0.39, 0.29) is 10.9 Å². The molecule has 0 amide bonds. The number of nitrogens with one attached hydrogen (secondary N) is 1. The second-order valence-electron chi connectivity index (χ2n) is 6.18. The Kier molecular flexibility index (Phi) is 4.89. The summed E-state index contributed by atoms with van der Waals surface area (Å²) in [6.45, 7) is 1.86. The van der Waals surface area contributed by atoms with Gasteiger partial charge < -0.3 is 9.47 Å². The highest BCUT2D eigenvalue weighted by atomic mass is 32.2. The number of ether oxygens (including phenoxy) is 2. The minimum absolute atomic E-state index is 0.113. The maximum absolute atomic E-state index is 12.8. The van der Waals surface area contributed by atoms with Crippen molar-refractivity contribution in [2.24, 2.45) is 0 Å². The Hall–Kier alpha value is -2.22. The van der Waals surface area contributed by atoms with Crippen LogP contribution < -0.4 is 14.2 Å². The highest BCUT2D eigenvalue weighted by molar-refractivity contribution is 7.92. The summed E-state index contributed by atoms with van der Waals surface area (Å²) in [6.07, 6.45) is 4.33. The van der Waals surface area contributed by atoms with E-state index in [1.807, 2.05) is 6.92 Å². The van der Waals surface area contributed by atoms with Gasteiger partial charge in [0.25, 0.3) is 10.0 Å². The van der Waals surface area contributed by atoms with Crippen molar-refractivity contribution in [1.82, 2.24) is 9.78 Å². The lowest BCUT2D eigenvalue weighted by Gasteiger charge is -2.16. The fraction of sp³-hybridized carbons (Fsp3) is 0.471. The fourth-order valence-electron chi connectivity index (χ4n) is 3.20. The molecule has 1 heterocycles. The number of aromatic nitrogens is 2. The van der Waals surface area contributed by atoms with Gasteiger partial charge in [0.1, 0.15) is 5.82 Å². The molecule has 1 aromatic carbocycles. The summed E-state index contributed by atoms with van der Waals surface area (Å²) in [6, 6.07) is 6.53. The largest absolute Gasteiger partial charge is 0.493 e. The van der Waals surface area contributed by atoms with Crippen molar-refractivity contribution in [2.45, 2.75) is 43.5 Å². The molecule has 0 saturated heterocycles. The molecule has 0 spiro atoms. The number of sulfonamides is 1. The molecule has 7 nitrogen and oxygen atoms in total. The van der Waals surface area contributed by atoms with E-state index in [9.17, 15) is 8.42 Å². The van der Waals surface area contributed by atoms with Crippen molar-refractivity contribution in [3.05, 3.63) is 30.0 Å². The number of aryl methyl sites for hydroxylation is 1. The molecule has 25 heavy (non-hydrogen) atoms. The molecule has 1 N–H and O–H groups in total. The van der Waals surface area contributed by atoms with E-state index in [4.69, 9.17) is 9.47 Å². The second kappa shape index (κ2) is 6.95. The maximum atomic E-state index is 12.8. The molecule has 1 aromatic heterocycles. The zero-order valence-corrected chi connectivity index (χ0v) is 15.5. The molecule has 1 saturated carbocycles. The quantitative estimate of drug-likeness (QED) is 0.850. The number of methoxy groups -OCH3 is 2. The van der Waals surface area contributed by atoms with Gasteiger partial charge in [-0.1, -0.05) is 12.8 Å². The molecule has 1 aliphatic carbocycles. The van der Waals surface area contributed by atoms with Gasteiger partial charge in [0, 0.05) is 12.1 Å². The van der Waals surface area contributed by atoms with Crippen LogP contribution in [0.4, 0.5) is 5.82 Å². The van der Waals surface area contributed by atoms with Crippen LogP contribution in [0, 0.1) is 6.92 Å². The summed E-state index contributed by atoms with van der Waals surface area (Å²) >= 11 is 0. The lowest BCUT2D eigenvalue weighted by molar-refractivity contribution is 0.354. The zero-order chi connectivity index (χ0) is 18.0. The van der Waals surface area contributed by atoms with Gasteiger partial charge in [-0.2, -0.15) is 5.10 Å². The third kappa shape index (κ3) is 3.58. The van der Waals surface area contributed by atoms with Gasteiger partial charge in [-0.15, -0.1) is 0 Å². The van der Waals surface area contributed by atoms with Crippen LogP contribution in [0.3, 0.4) is 0 Å². The highest BCUT2D eigenvalue weighted by Crippen LogP contribution is 2.33. The van der Waals surface area contributed by atoms with Crippen LogP contribution in [0.15, 0.2) is 29.2 Å². The normalized spacial score (nSPS) is 15.3. The van der Waals surface area contributed by atoms with E-state index < -0.39 is 10.0 Å². The predicted molar refractivity (Wildman–Crippen MR) is 94.8 cm³/mol. The average Bonchev–Trinajstić information content (AvgIpc) is 3.23. The number of benzene rings is 1. The Morgan fingerprint density at radius 1 is 1.12 bits per heavy atom. The molecule has 136 valence electrons. The highest BCUT2D eigenvalue weighted by Gasteiger charge is 2.24. The Balaban J connectivity index is 1.92. The second-order valence-corrected chi connectivity index (χ2v) is 7.86. The van der Waals surface area contributed by atoms with Crippen LogP contribution in [-0.2, 0) is 10.0 Å². The minimum atomic E-state index is -3.76. The maximum Gasteiger partial charge on any atom is 0.263 e. The van der Waals surface area contributed by atoms with Crippen molar-refractivity contribution in [2.75, 3.05) is 18.9 Å². The fourth-order valence-corrected chi connectivity index (χ4v) is 4.26. The molecule has 0 unspecified atom stereocenters. The summed E-state index contributed by atoms with van der Waals surface area (Å²) < 4.78 is 40.4. The Morgan fingerprint density at radius 2 is 1.80 bits per heavy atom. The molecular formula is C17H23N3O4S. The van der Waals surface area contributed by atoms with Crippen LogP contribution in [0.2, 0.25) is 0 Å². The first-order valence-electron chi connectivity index (χ1n) is 8.25. The number of hydrogen-bond acceptors (Lipinski definition) is 5. The van der Waals surface area contributed by atoms with Gasteiger partial charge in [0.15, 0.2) is 11.5 Å². The number of nitrogens with zero attached hydrogens (tertiary/aromatic N) is 2. The van der Waals surface area contributed by atoms with Crippen molar-refractivity contribution in [3.63, 3.8) is 0 Å². The smallest absolute Gasteiger partial charge is 0.263 e. The topological polar surface area (TPSA) is 82.5 Å². The summed E-state index contributed by atoms with van der Waals surface area (Å²) in [7, 11) is -0.776. The standard InChI is InChI=1S/C17H23N3O4S/c1-12-10-17(20(18-12)13-6-4-5-7-13)19-25(21,22)14-8-9-15(23-2)16(11-14)24-3/h8-11,13,19H,4-7H2,1-3H3. The van der Waals surface area contributed by atoms with Crippen molar-refractivity contribution < 1.29 is 17.9 Å². The molecule has 0 atom stereocenters. The van der Waals surface area contributed by atoms with Crippen molar-refractivity contribution in [1.29, 1.82) is 0 Å². The van der Waals surface area contributed by atoms with E-state index >= 15 is 0 Å². The monoisotopic (exact) mass is 365 g/mol. The number of anilines is 1. The van der Waals surface area contributed by atoms with E-state index in [0.717, 1.165) is 31.4 Å². The molecule has 1 aliphatic rings. The van der Waals surface area contributed by atoms with Gasteiger partial charge in [0.2, 0.25) is 0 Å². The first-order valence-corrected chi connectivity index (χ1v) is 9.74. The number of hydrogen-bond donors (Lipinski definition) is 1. The summed E-state index contributed by atoms with van der Waals surface area (Å²) in [5.74, 6) is 1.35. The van der Waals surface area contributed by atoms with Gasteiger partial charge in [-0.05, 0) is 31.9 Å². The third-order valence-electron chi connectivity index (χ3n) is 4.43. The average molecular weight is 365 g/mol. The van der Waals surface area contributed by atoms with Crippen LogP contribution >= 0.6 is 0 Å². The Labute approximate surface area is 148 Å². The van der Waals surface area contributed by atoms with Crippen LogP contribution in [0.5, 0.6) is 11.5 Å². The van der Waals surface area contributed by atoms with Crippen LogP contribution in [0.25, 0.3) is 0 Å². The molecule has 2 aromatic rings. The van der Waals surface area contributed by atoms with Gasteiger partial charge >= 0.3 is 0 Å². The molecular weight excluding hydrogens is 342 g/mol. The number of rotatable bonds is 6. The lowest BCUT2D eigenvalue weighted by Crippen LogP contribution is -2.18. The van der Waals surface area contributed by atoms with Crippen LogP contribution in [0.1, 0.15) is 37.4 Å². The van der Waals surface area contributed by atoms with E-state index in [1.165, 1.54) is 26.4 Å². The third-order valence-corrected chi connectivity index (χ3v) is 5.79. The molecule has 3 rings (SSSR count). The molecule has 8 heteroatoms. The molecule has 0 radical (unpaired) electrons. The van der Waals surface area contributed by atoms with E-state index in [1.54, 1.807) is 16.8 Å². The predicted octanol–water partition coefficient (Wildman–Crippen LogP) is 3.12. The first kappa shape index (κ1) is 17.6. The Bertz CT molecular complexity index is 855. The van der Waals surface area contributed by atoms with Crippen molar-refractivity contribution in [3.8, 4) is 11.5 Å². The molecule has 0 bridgehead atoms. The zero-order valence-electron chi connectivity index (χ0n) is 14.7. The van der Waals surface area contributed by atoms with E-state index in [2.05, 4.69) is 9.82 Å². The van der Waals surface area contributed by atoms with Gasteiger partial charge in [-0.3, -0.25) is 4.72 Å². The van der Waals surface area contributed by atoms with Crippen LogP contribution in [-0.4, -0.2) is 32.4 Å². The van der Waals surface area contributed by atoms with Gasteiger partial charge in [0.05, 0.1) is 30.9 Å². The molecule has 0 aliphatic heterocycles.